The summed E-state index contributed by atoms with van der Waals surface area (Å²) in [5.74, 6) is 0.322. The molecule has 3 nitrogen and oxygen atoms in total. The first-order valence-electron chi connectivity index (χ1n) is 3.52. The second-order valence-corrected chi connectivity index (χ2v) is 2.19. The van der Waals surface area contributed by atoms with E-state index < -0.39 is 0 Å². The molecule has 0 aliphatic heterocycles. The molecule has 0 spiro atoms. The van der Waals surface area contributed by atoms with Gasteiger partial charge in [-0.1, -0.05) is 6.92 Å². The predicted octanol–water partition coefficient (Wildman–Crippen LogP) is 1.21. The SMILES string of the molecule is CCC(C)=O.COCC(C)=O. The van der Waals surface area contributed by atoms with E-state index in [1.54, 1.807) is 6.92 Å². The summed E-state index contributed by atoms with van der Waals surface area (Å²) in [6.45, 7) is 5.16. The first kappa shape index (κ1) is 12.9. The van der Waals surface area contributed by atoms with Gasteiger partial charge in [-0.2, -0.15) is 0 Å². The number of ketones is 2. The molecule has 0 bridgehead atoms. The fourth-order valence-corrected chi connectivity index (χ4v) is 0.203. The smallest absolute Gasteiger partial charge is 0.155 e. The fraction of sp³-hybridized carbons (Fsp3) is 0.750. The van der Waals surface area contributed by atoms with Crippen molar-refractivity contribution in [2.75, 3.05) is 13.7 Å². The van der Waals surface area contributed by atoms with Crippen LogP contribution in [0.3, 0.4) is 0 Å². The molecule has 0 rings (SSSR count). The topological polar surface area (TPSA) is 43.4 Å². The van der Waals surface area contributed by atoms with Gasteiger partial charge in [-0.3, -0.25) is 4.79 Å². The van der Waals surface area contributed by atoms with E-state index in [1.165, 1.54) is 14.0 Å². The molecule has 0 unspecified atom stereocenters. The summed E-state index contributed by atoms with van der Waals surface area (Å²) in [5, 5.41) is 0. The Kier molecular flexibility index (Phi) is 10.9. The highest BCUT2D eigenvalue weighted by Gasteiger charge is 1.83. The zero-order chi connectivity index (χ0) is 9.28. The van der Waals surface area contributed by atoms with Gasteiger partial charge in [-0.25, -0.2) is 0 Å². The van der Waals surface area contributed by atoms with Crippen LogP contribution >= 0.6 is 0 Å². The Balaban J connectivity index is 0. The number of Topliss-reactive ketones (excluding diaryl/α,β-unsaturated/α-hetero) is 2. The fourth-order valence-electron chi connectivity index (χ4n) is 0.203. The number of carbonyl (C=O) groups excluding carboxylic acids is 2. The Morgan fingerprint density at radius 3 is 1.55 bits per heavy atom. The lowest BCUT2D eigenvalue weighted by Crippen LogP contribution is -1.98. The van der Waals surface area contributed by atoms with E-state index in [4.69, 9.17) is 0 Å². The van der Waals surface area contributed by atoms with Gasteiger partial charge < -0.3 is 9.53 Å². The molecule has 3 heteroatoms. The van der Waals surface area contributed by atoms with Crippen LogP contribution in [0, 0.1) is 0 Å². The molecule has 0 radical (unpaired) electrons. The average Bonchev–Trinajstić information content (AvgIpc) is 1.89. The van der Waals surface area contributed by atoms with Crippen molar-refractivity contribution in [3.8, 4) is 0 Å². The van der Waals surface area contributed by atoms with Gasteiger partial charge in [0.1, 0.15) is 12.4 Å². The highest BCUT2D eigenvalue weighted by Crippen LogP contribution is 1.71. The molecule has 0 amide bonds. The van der Waals surface area contributed by atoms with E-state index in [0.717, 1.165) is 0 Å². The van der Waals surface area contributed by atoms with E-state index >= 15 is 0 Å². The van der Waals surface area contributed by atoms with Gasteiger partial charge in [0, 0.05) is 13.5 Å². The number of rotatable bonds is 3. The highest BCUT2D eigenvalue weighted by molar-refractivity contribution is 5.76. The van der Waals surface area contributed by atoms with Crippen LogP contribution in [0.5, 0.6) is 0 Å². The quantitative estimate of drug-likeness (QED) is 0.623. The molecule has 66 valence electrons. The molecule has 0 aromatic rings. The summed E-state index contributed by atoms with van der Waals surface area (Å²) < 4.78 is 4.45. The molecule has 0 heterocycles. The normalized spacial score (nSPS) is 8.00. The minimum absolute atomic E-state index is 0.0671. The molecule has 11 heavy (non-hydrogen) atoms. The monoisotopic (exact) mass is 160 g/mol. The number of hydrogen-bond donors (Lipinski definition) is 0. The maximum Gasteiger partial charge on any atom is 0.155 e. The Labute approximate surface area is 67.7 Å². The summed E-state index contributed by atoms with van der Waals surface area (Å²) >= 11 is 0. The van der Waals surface area contributed by atoms with Gasteiger partial charge in [0.25, 0.3) is 0 Å². The third kappa shape index (κ3) is 26.8. The Morgan fingerprint density at radius 1 is 1.18 bits per heavy atom. The minimum Gasteiger partial charge on any atom is -0.377 e. The zero-order valence-corrected chi connectivity index (χ0v) is 7.64. The van der Waals surface area contributed by atoms with Crippen molar-refractivity contribution in [2.24, 2.45) is 0 Å². The number of hydrogen-bond acceptors (Lipinski definition) is 3. The van der Waals surface area contributed by atoms with Crippen molar-refractivity contribution in [3.05, 3.63) is 0 Å². The number of ether oxygens (including phenoxy) is 1. The summed E-state index contributed by atoms with van der Waals surface area (Å²) in [6, 6.07) is 0. The van der Waals surface area contributed by atoms with E-state index in [-0.39, 0.29) is 18.2 Å². The zero-order valence-electron chi connectivity index (χ0n) is 7.64. The highest BCUT2D eigenvalue weighted by atomic mass is 16.5. The van der Waals surface area contributed by atoms with Crippen molar-refractivity contribution in [1.82, 2.24) is 0 Å². The second kappa shape index (κ2) is 9.30. The van der Waals surface area contributed by atoms with Crippen LogP contribution in [0.2, 0.25) is 0 Å². The van der Waals surface area contributed by atoms with Gasteiger partial charge in [-0.15, -0.1) is 0 Å². The molecule has 0 fully saturated rings. The van der Waals surface area contributed by atoms with E-state index in [1.807, 2.05) is 6.92 Å². The van der Waals surface area contributed by atoms with E-state index in [2.05, 4.69) is 4.74 Å². The van der Waals surface area contributed by atoms with Crippen molar-refractivity contribution in [1.29, 1.82) is 0 Å². The molecular weight excluding hydrogens is 144 g/mol. The molecule has 0 aromatic carbocycles. The largest absolute Gasteiger partial charge is 0.377 e. The van der Waals surface area contributed by atoms with Crippen LogP contribution in [-0.4, -0.2) is 25.3 Å². The maximum absolute atomic E-state index is 9.92. The molecule has 0 aliphatic carbocycles. The standard InChI is InChI=1S/C4H8O2.C4H8O/c1-4(5)3-6-2;1-3-4(2)5/h3H2,1-2H3;3H2,1-2H3. The van der Waals surface area contributed by atoms with Gasteiger partial charge in [0.15, 0.2) is 5.78 Å². The first-order valence-corrected chi connectivity index (χ1v) is 3.52. The van der Waals surface area contributed by atoms with Crippen LogP contribution in [0.15, 0.2) is 0 Å². The van der Waals surface area contributed by atoms with Gasteiger partial charge in [-0.05, 0) is 13.8 Å². The molecule has 0 N–H and O–H groups in total. The molecule has 0 aromatic heterocycles. The van der Waals surface area contributed by atoms with Crippen molar-refractivity contribution < 1.29 is 14.3 Å². The average molecular weight is 160 g/mol. The Hall–Kier alpha value is -0.700. The minimum atomic E-state index is 0.0671. The van der Waals surface area contributed by atoms with E-state index in [9.17, 15) is 9.59 Å². The van der Waals surface area contributed by atoms with Crippen LogP contribution in [0.4, 0.5) is 0 Å². The van der Waals surface area contributed by atoms with Crippen molar-refractivity contribution in [3.63, 3.8) is 0 Å². The van der Waals surface area contributed by atoms with Crippen molar-refractivity contribution >= 4 is 11.6 Å². The molecular formula is C8H16O3. The lowest BCUT2D eigenvalue weighted by Gasteiger charge is -1.84. The van der Waals surface area contributed by atoms with Gasteiger partial charge in [0.2, 0.25) is 0 Å². The predicted molar refractivity (Wildman–Crippen MR) is 43.5 cm³/mol. The Bertz CT molecular complexity index is 119. The molecule has 0 aliphatic rings. The van der Waals surface area contributed by atoms with Crippen LogP contribution in [0.25, 0.3) is 0 Å². The summed E-state index contributed by atoms with van der Waals surface area (Å²) in [4.78, 5) is 19.7. The lowest BCUT2D eigenvalue weighted by molar-refractivity contribution is -0.120. The summed E-state index contributed by atoms with van der Waals surface area (Å²) in [7, 11) is 1.50. The van der Waals surface area contributed by atoms with Crippen molar-refractivity contribution in [2.45, 2.75) is 27.2 Å². The van der Waals surface area contributed by atoms with E-state index in [0.29, 0.717) is 6.42 Å². The molecule has 0 atom stereocenters. The molecule has 0 saturated heterocycles. The first-order chi connectivity index (χ1) is 5.04. The number of carbonyl (C=O) groups is 2. The lowest BCUT2D eigenvalue weighted by atomic mass is 10.4. The third-order valence-corrected chi connectivity index (χ3v) is 0.845. The molecule has 0 saturated carbocycles. The summed E-state index contributed by atoms with van der Waals surface area (Å²) in [5.41, 5.74) is 0. The van der Waals surface area contributed by atoms with Gasteiger partial charge in [0.05, 0.1) is 0 Å². The number of methoxy groups -OCH3 is 1. The maximum atomic E-state index is 9.92. The Morgan fingerprint density at radius 2 is 1.55 bits per heavy atom. The summed E-state index contributed by atoms with van der Waals surface area (Å²) in [6.07, 6.45) is 0.667. The van der Waals surface area contributed by atoms with Gasteiger partial charge >= 0.3 is 0 Å². The van der Waals surface area contributed by atoms with Crippen LogP contribution in [0.1, 0.15) is 27.2 Å². The van der Waals surface area contributed by atoms with Crippen LogP contribution in [-0.2, 0) is 14.3 Å². The third-order valence-electron chi connectivity index (χ3n) is 0.845. The van der Waals surface area contributed by atoms with Crippen LogP contribution < -0.4 is 0 Å². The second-order valence-electron chi connectivity index (χ2n) is 2.19.